The van der Waals surface area contributed by atoms with Gasteiger partial charge in [-0.3, -0.25) is 9.52 Å². The first-order chi connectivity index (χ1) is 11.7. The van der Waals surface area contributed by atoms with Crippen LogP contribution in [0.25, 0.3) is 0 Å². The number of aryl methyl sites for hydroxylation is 2. The van der Waals surface area contributed by atoms with Gasteiger partial charge in [-0.25, -0.2) is 8.42 Å². The maximum Gasteiger partial charge on any atom is 0.261 e. The number of hydrogen-bond donors (Lipinski definition) is 2. The van der Waals surface area contributed by atoms with E-state index in [0.29, 0.717) is 17.1 Å². The summed E-state index contributed by atoms with van der Waals surface area (Å²) in [5.41, 5.74) is 3.04. The molecule has 2 aromatic rings. The zero-order valence-electron chi connectivity index (χ0n) is 14.3. The van der Waals surface area contributed by atoms with Gasteiger partial charge in [0.15, 0.2) is 0 Å². The molecule has 1 amide bonds. The molecule has 0 aromatic heterocycles. The number of nitrogens with one attached hydrogen (secondary N) is 2. The molecule has 1 unspecified atom stereocenters. The maximum atomic E-state index is 12.7. The van der Waals surface area contributed by atoms with Crippen LogP contribution in [0, 0.1) is 19.8 Å². The lowest BCUT2D eigenvalue weighted by atomic mass is 10.1. The minimum Gasteiger partial charge on any atom is -0.325 e. The van der Waals surface area contributed by atoms with E-state index < -0.39 is 10.0 Å². The minimum atomic E-state index is -3.73. The molecular formula is C18H20N2O3S2. The number of carbonyl (C=O) groups is 1. The molecule has 0 bridgehead atoms. The first kappa shape index (κ1) is 17.8. The van der Waals surface area contributed by atoms with Crippen LogP contribution in [0.4, 0.5) is 11.4 Å². The molecule has 1 atom stereocenters. The molecule has 1 aliphatic rings. The zero-order chi connectivity index (χ0) is 18.2. The van der Waals surface area contributed by atoms with Crippen molar-refractivity contribution in [3.05, 3.63) is 47.5 Å². The third kappa shape index (κ3) is 3.99. The second-order valence-corrected chi connectivity index (χ2v) is 9.09. The summed E-state index contributed by atoms with van der Waals surface area (Å²) < 4.78 is 28.0. The highest BCUT2D eigenvalue weighted by atomic mass is 32.2. The Morgan fingerprint density at radius 2 is 1.80 bits per heavy atom. The van der Waals surface area contributed by atoms with Gasteiger partial charge in [-0.15, -0.1) is 11.8 Å². The summed E-state index contributed by atoms with van der Waals surface area (Å²) in [6.45, 7) is 5.69. The molecule has 0 aliphatic carbocycles. The molecule has 0 fully saturated rings. The topological polar surface area (TPSA) is 75.3 Å². The smallest absolute Gasteiger partial charge is 0.261 e. The van der Waals surface area contributed by atoms with E-state index in [-0.39, 0.29) is 16.7 Å². The van der Waals surface area contributed by atoms with Gasteiger partial charge in [-0.05, 0) is 55.3 Å². The number of fused-ring (bicyclic) bond motifs is 1. The SMILES string of the molecule is Cc1cc(C)cc(NS(=O)(=O)c2ccc3c(c2)NC(=O)C(C)CS3)c1. The molecule has 3 rings (SSSR count). The molecule has 5 nitrogen and oxygen atoms in total. The van der Waals surface area contributed by atoms with Crippen LogP contribution in [0.2, 0.25) is 0 Å². The van der Waals surface area contributed by atoms with Crippen LogP contribution in [0.3, 0.4) is 0 Å². The molecule has 0 spiro atoms. The fourth-order valence-electron chi connectivity index (χ4n) is 2.69. The van der Waals surface area contributed by atoms with E-state index in [4.69, 9.17) is 0 Å². The molecule has 0 radical (unpaired) electrons. The first-order valence-corrected chi connectivity index (χ1v) is 10.4. The van der Waals surface area contributed by atoms with Gasteiger partial charge in [0.25, 0.3) is 10.0 Å². The van der Waals surface area contributed by atoms with Crippen molar-refractivity contribution >= 4 is 39.1 Å². The third-order valence-electron chi connectivity index (χ3n) is 3.93. The highest BCUT2D eigenvalue weighted by Gasteiger charge is 2.23. The van der Waals surface area contributed by atoms with Crippen molar-refractivity contribution in [1.82, 2.24) is 0 Å². The molecule has 25 heavy (non-hydrogen) atoms. The van der Waals surface area contributed by atoms with Gasteiger partial charge in [0.1, 0.15) is 0 Å². The van der Waals surface area contributed by atoms with Crippen molar-refractivity contribution in [3.63, 3.8) is 0 Å². The van der Waals surface area contributed by atoms with Crippen LogP contribution >= 0.6 is 11.8 Å². The van der Waals surface area contributed by atoms with Crippen molar-refractivity contribution in [3.8, 4) is 0 Å². The van der Waals surface area contributed by atoms with Crippen molar-refractivity contribution in [2.75, 3.05) is 15.8 Å². The molecular weight excluding hydrogens is 356 g/mol. The Balaban J connectivity index is 1.93. The predicted octanol–water partition coefficient (Wildman–Crippen LogP) is 3.78. The number of anilines is 2. The second-order valence-electron chi connectivity index (χ2n) is 6.34. The third-order valence-corrected chi connectivity index (χ3v) is 6.64. The van der Waals surface area contributed by atoms with Crippen LogP contribution in [0.5, 0.6) is 0 Å². The van der Waals surface area contributed by atoms with E-state index in [1.165, 1.54) is 6.07 Å². The van der Waals surface area contributed by atoms with Crippen LogP contribution in [0.1, 0.15) is 18.1 Å². The molecule has 0 saturated carbocycles. The molecule has 2 N–H and O–H groups in total. The van der Waals surface area contributed by atoms with Gasteiger partial charge in [0.05, 0.1) is 10.6 Å². The Morgan fingerprint density at radius 3 is 2.48 bits per heavy atom. The van der Waals surface area contributed by atoms with Crippen molar-refractivity contribution < 1.29 is 13.2 Å². The number of carbonyl (C=O) groups excluding carboxylic acids is 1. The quantitative estimate of drug-likeness (QED) is 0.855. The highest BCUT2D eigenvalue weighted by molar-refractivity contribution is 7.99. The number of thioether (sulfide) groups is 1. The summed E-state index contributed by atoms with van der Waals surface area (Å²) in [6.07, 6.45) is 0. The average Bonchev–Trinajstić information content (AvgIpc) is 2.64. The van der Waals surface area contributed by atoms with E-state index in [9.17, 15) is 13.2 Å². The molecule has 132 valence electrons. The van der Waals surface area contributed by atoms with Crippen LogP contribution in [-0.4, -0.2) is 20.1 Å². The summed E-state index contributed by atoms with van der Waals surface area (Å²) in [6, 6.07) is 10.4. The van der Waals surface area contributed by atoms with Crippen LogP contribution in [0.15, 0.2) is 46.2 Å². The largest absolute Gasteiger partial charge is 0.325 e. The van der Waals surface area contributed by atoms with Crippen molar-refractivity contribution in [2.45, 2.75) is 30.6 Å². The highest BCUT2D eigenvalue weighted by Crippen LogP contribution is 2.34. The molecule has 2 aromatic carbocycles. The lowest BCUT2D eigenvalue weighted by molar-refractivity contribution is -0.118. The van der Waals surface area contributed by atoms with E-state index >= 15 is 0 Å². The Morgan fingerprint density at radius 1 is 1.12 bits per heavy atom. The van der Waals surface area contributed by atoms with Gasteiger partial charge < -0.3 is 5.32 Å². The Bertz CT molecular complexity index is 919. The van der Waals surface area contributed by atoms with Gasteiger partial charge >= 0.3 is 0 Å². The molecule has 1 aliphatic heterocycles. The lowest BCUT2D eigenvalue weighted by Gasteiger charge is -2.12. The fraction of sp³-hybridized carbons (Fsp3) is 0.278. The van der Waals surface area contributed by atoms with Gasteiger partial charge in [0, 0.05) is 22.3 Å². The summed E-state index contributed by atoms with van der Waals surface area (Å²) in [5.74, 6) is 0.458. The number of sulfonamides is 1. The summed E-state index contributed by atoms with van der Waals surface area (Å²) in [5, 5.41) is 2.81. The summed E-state index contributed by atoms with van der Waals surface area (Å²) >= 11 is 1.55. The fourth-order valence-corrected chi connectivity index (χ4v) is 4.77. The average molecular weight is 377 g/mol. The van der Waals surface area contributed by atoms with Gasteiger partial charge in [-0.1, -0.05) is 13.0 Å². The summed E-state index contributed by atoms with van der Waals surface area (Å²) in [4.78, 5) is 13.0. The molecule has 0 saturated heterocycles. The number of rotatable bonds is 3. The van der Waals surface area contributed by atoms with Crippen LogP contribution < -0.4 is 10.0 Å². The van der Waals surface area contributed by atoms with E-state index in [0.717, 1.165) is 16.0 Å². The first-order valence-electron chi connectivity index (χ1n) is 7.93. The number of benzene rings is 2. The van der Waals surface area contributed by atoms with Gasteiger partial charge in [-0.2, -0.15) is 0 Å². The molecule has 1 heterocycles. The predicted molar refractivity (Wildman–Crippen MR) is 102 cm³/mol. The molecule has 7 heteroatoms. The Labute approximate surface area is 152 Å². The Kier molecular flexibility index (Phi) is 4.79. The summed E-state index contributed by atoms with van der Waals surface area (Å²) in [7, 11) is -3.73. The minimum absolute atomic E-state index is 0.0944. The maximum absolute atomic E-state index is 12.7. The van der Waals surface area contributed by atoms with E-state index in [1.54, 1.807) is 36.0 Å². The standard InChI is InChI=1S/C18H20N2O3S2/c1-11-6-12(2)8-14(7-11)20-25(22,23)15-4-5-17-16(9-15)19-18(21)13(3)10-24-17/h4-9,13,20H,10H2,1-3H3,(H,19,21). The van der Waals surface area contributed by atoms with Crippen molar-refractivity contribution in [1.29, 1.82) is 0 Å². The normalized spacial score (nSPS) is 17.4. The van der Waals surface area contributed by atoms with E-state index in [2.05, 4.69) is 10.0 Å². The second kappa shape index (κ2) is 6.72. The van der Waals surface area contributed by atoms with E-state index in [1.807, 2.05) is 26.8 Å². The van der Waals surface area contributed by atoms with Crippen molar-refractivity contribution in [2.24, 2.45) is 5.92 Å². The number of hydrogen-bond acceptors (Lipinski definition) is 4. The number of amides is 1. The monoisotopic (exact) mass is 376 g/mol. The Hall–Kier alpha value is -1.99. The lowest BCUT2D eigenvalue weighted by Crippen LogP contribution is -2.20. The van der Waals surface area contributed by atoms with Gasteiger partial charge in [0.2, 0.25) is 5.91 Å². The van der Waals surface area contributed by atoms with Crippen LogP contribution in [-0.2, 0) is 14.8 Å². The zero-order valence-corrected chi connectivity index (χ0v) is 15.9.